The van der Waals surface area contributed by atoms with Crippen LogP contribution in [0.25, 0.3) is 0 Å². The average Bonchev–Trinajstić information content (AvgIpc) is 2.65. The Morgan fingerprint density at radius 3 is 2.16 bits per heavy atom. The molecule has 4 nitrogen and oxygen atoms in total. The van der Waals surface area contributed by atoms with E-state index >= 15 is 0 Å². The molecule has 3 aliphatic heterocycles. The summed E-state index contributed by atoms with van der Waals surface area (Å²) in [6.07, 6.45) is 7.16. The van der Waals surface area contributed by atoms with E-state index in [9.17, 15) is 4.79 Å². The van der Waals surface area contributed by atoms with Gasteiger partial charge in [-0.1, -0.05) is 6.42 Å². The number of carbonyl (C=O) groups is 1. The summed E-state index contributed by atoms with van der Waals surface area (Å²) in [7, 11) is 0. The van der Waals surface area contributed by atoms with Gasteiger partial charge in [0, 0.05) is 58.3 Å². The van der Waals surface area contributed by atoms with Crippen LogP contribution in [0.15, 0.2) is 0 Å². The van der Waals surface area contributed by atoms with Gasteiger partial charge in [0.05, 0.1) is 0 Å². The molecular formula is C15H27N3O. The number of piperidine rings is 1. The summed E-state index contributed by atoms with van der Waals surface area (Å²) >= 11 is 0. The van der Waals surface area contributed by atoms with E-state index in [1.165, 1.54) is 45.2 Å². The maximum atomic E-state index is 11.3. The fourth-order valence-electron chi connectivity index (χ4n) is 4.13. The van der Waals surface area contributed by atoms with Gasteiger partial charge in [0.2, 0.25) is 5.91 Å². The summed E-state index contributed by atoms with van der Waals surface area (Å²) in [6, 6.07) is 1.77. The summed E-state index contributed by atoms with van der Waals surface area (Å²) in [5, 5.41) is 0. The molecule has 0 N–H and O–H groups in total. The molecule has 3 rings (SSSR count). The predicted molar refractivity (Wildman–Crippen MR) is 76.1 cm³/mol. The number of hydrogen-bond donors (Lipinski definition) is 0. The summed E-state index contributed by atoms with van der Waals surface area (Å²) in [5.41, 5.74) is 0. The lowest BCUT2D eigenvalue weighted by atomic mass is 10.0. The average molecular weight is 265 g/mol. The maximum absolute atomic E-state index is 11.3. The Balaban J connectivity index is 1.42. The molecule has 1 amide bonds. The van der Waals surface area contributed by atoms with Gasteiger partial charge in [0.25, 0.3) is 0 Å². The first kappa shape index (κ1) is 13.4. The van der Waals surface area contributed by atoms with Crippen LogP contribution in [0.1, 0.15) is 39.0 Å². The lowest BCUT2D eigenvalue weighted by molar-refractivity contribution is -0.130. The number of nitrogens with zero attached hydrogens (tertiary/aromatic N) is 3. The SMILES string of the molecule is CC(=O)N1CCN(CCN2C3CCC[C@@H]2CC3)CC1. The highest BCUT2D eigenvalue weighted by Crippen LogP contribution is 2.34. The number of fused-ring (bicyclic) bond motifs is 2. The van der Waals surface area contributed by atoms with E-state index in [-0.39, 0.29) is 5.91 Å². The first-order chi connectivity index (χ1) is 9.24. The van der Waals surface area contributed by atoms with Crippen molar-refractivity contribution in [1.29, 1.82) is 0 Å². The molecule has 0 aromatic carbocycles. The van der Waals surface area contributed by atoms with Crippen LogP contribution in [-0.2, 0) is 4.79 Å². The second-order valence-corrected chi connectivity index (χ2v) is 6.40. The van der Waals surface area contributed by atoms with E-state index in [0.29, 0.717) is 0 Å². The minimum atomic E-state index is 0.230. The van der Waals surface area contributed by atoms with Gasteiger partial charge in [-0.2, -0.15) is 0 Å². The summed E-state index contributed by atoms with van der Waals surface area (Å²) in [4.78, 5) is 18.6. The lowest BCUT2D eigenvalue weighted by Gasteiger charge is -2.38. The Kier molecular flexibility index (Phi) is 4.08. The van der Waals surface area contributed by atoms with Crippen LogP contribution in [-0.4, -0.2) is 72.0 Å². The Morgan fingerprint density at radius 1 is 0.947 bits per heavy atom. The molecule has 3 aliphatic rings. The van der Waals surface area contributed by atoms with Crippen molar-refractivity contribution >= 4 is 5.91 Å². The summed E-state index contributed by atoms with van der Waals surface area (Å²) in [5.74, 6) is 0.230. The highest BCUT2D eigenvalue weighted by molar-refractivity contribution is 5.73. The third-order valence-electron chi connectivity index (χ3n) is 5.34. The van der Waals surface area contributed by atoms with Gasteiger partial charge in [0.1, 0.15) is 0 Å². The molecule has 108 valence electrons. The highest BCUT2D eigenvalue weighted by Gasteiger charge is 2.36. The zero-order valence-electron chi connectivity index (χ0n) is 12.2. The van der Waals surface area contributed by atoms with Crippen LogP contribution in [0.5, 0.6) is 0 Å². The molecule has 3 heterocycles. The minimum absolute atomic E-state index is 0.230. The second kappa shape index (κ2) is 5.80. The fourth-order valence-corrected chi connectivity index (χ4v) is 4.13. The van der Waals surface area contributed by atoms with Gasteiger partial charge < -0.3 is 4.90 Å². The Morgan fingerprint density at radius 2 is 1.58 bits per heavy atom. The molecule has 0 aromatic heterocycles. The molecule has 19 heavy (non-hydrogen) atoms. The minimum Gasteiger partial charge on any atom is -0.340 e. The zero-order chi connectivity index (χ0) is 13.2. The van der Waals surface area contributed by atoms with Crippen molar-refractivity contribution in [1.82, 2.24) is 14.7 Å². The van der Waals surface area contributed by atoms with E-state index in [2.05, 4.69) is 9.80 Å². The molecule has 0 aromatic rings. The predicted octanol–water partition coefficient (Wildman–Crippen LogP) is 1.17. The molecule has 3 fully saturated rings. The molecule has 0 aliphatic carbocycles. The van der Waals surface area contributed by atoms with Crippen LogP contribution in [0.4, 0.5) is 0 Å². The summed E-state index contributed by atoms with van der Waals surface area (Å²) < 4.78 is 0. The molecule has 0 saturated carbocycles. The number of amides is 1. The highest BCUT2D eigenvalue weighted by atomic mass is 16.2. The van der Waals surface area contributed by atoms with E-state index in [0.717, 1.165) is 38.3 Å². The third kappa shape index (κ3) is 2.95. The van der Waals surface area contributed by atoms with E-state index in [1.54, 1.807) is 6.92 Å². The monoisotopic (exact) mass is 265 g/mol. The molecule has 0 radical (unpaired) electrons. The van der Waals surface area contributed by atoms with Crippen molar-refractivity contribution in [2.45, 2.75) is 51.1 Å². The first-order valence-corrected chi connectivity index (χ1v) is 7.97. The van der Waals surface area contributed by atoms with Crippen LogP contribution < -0.4 is 0 Å². The zero-order valence-corrected chi connectivity index (χ0v) is 12.2. The Labute approximate surface area is 116 Å². The van der Waals surface area contributed by atoms with Gasteiger partial charge in [-0.05, 0) is 25.7 Å². The van der Waals surface area contributed by atoms with Crippen LogP contribution in [0, 0.1) is 0 Å². The molecule has 2 atom stereocenters. The van der Waals surface area contributed by atoms with E-state index in [1.807, 2.05) is 4.90 Å². The maximum Gasteiger partial charge on any atom is 0.219 e. The fraction of sp³-hybridized carbons (Fsp3) is 0.933. The second-order valence-electron chi connectivity index (χ2n) is 6.40. The van der Waals surface area contributed by atoms with Crippen molar-refractivity contribution in [2.75, 3.05) is 39.3 Å². The molecular weight excluding hydrogens is 238 g/mol. The lowest BCUT2D eigenvalue weighted by Crippen LogP contribution is -2.51. The molecule has 4 heteroatoms. The number of rotatable bonds is 3. The van der Waals surface area contributed by atoms with Gasteiger partial charge in [-0.3, -0.25) is 14.6 Å². The number of hydrogen-bond acceptors (Lipinski definition) is 3. The van der Waals surface area contributed by atoms with Crippen LogP contribution >= 0.6 is 0 Å². The van der Waals surface area contributed by atoms with E-state index < -0.39 is 0 Å². The van der Waals surface area contributed by atoms with Gasteiger partial charge in [0.15, 0.2) is 0 Å². The Hall–Kier alpha value is -0.610. The first-order valence-electron chi connectivity index (χ1n) is 7.97. The van der Waals surface area contributed by atoms with Crippen LogP contribution in [0.3, 0.4) is 0 Å². The largest absolute Gasteiger partial charge is 0.340 e. The molecule has 1 unspecified atom stereocenters. The van der Waals surface area contributed by atoms with Crippen molar-refractivity contribution in [3.05, 3.63) is 0 Å². The quantitative estimate of drug-likeness (QED) is 0.766. The van der Waals surface area contributed by atoms with Crippen molar-refractivity contribution in [2.24, 2.45) is 0 Å². The van der Waals surface area contributed by atoms with Gasteiger partial charge in [-0.15, -0.1) is 0 Å². The molecule has 0 spiro atoms. The third-order valence-corrected chi connectivity index (χ3v) is 5.34. The number of piperazine rings is 1. The van der Waals surface area contributed by atoms with Crippen LogP contribution in [0.2, 0.25) is 0 Å². The van der Waals surface area contributed by atoms with Gasteiger partial charge in [-0.25, -0.2) is 0 Å². The van der Waals surface area contributed by atoms with Crippen molar-refractivity contribution in [3.8, 4) is 0 Å². The molecule has 3 saturated heterocycles. The van der Waals surface area contributed by atoms with E-state index in [4.69, 9.17) is 0 Å². The standard InChI is InChI=1S/C15H27N3O/c1-13(19)17-10-7-16(8-11-17)9-12-18-14-3-2-4-15(18)6-5-14/h14-15H,2-12H2,1H3/t14-,15?/m1/s1. The summed E-state index contributed by atoms with van der Waals surface area (Å²) in [6.45, 7) is 8.07. The number of carbonyl (C=O) groups excluding carboxylic acids is 1. The van der Waals surface area contributed by atoms with Crippen molar-refractivity contribution < 1.29 is 4.79 Å². The molecule has 2 bridgehead atoms. The van der Waals surface area contributed by atoms with Gasteiger partial charge >= 0.3 is 0 Å². The normalized spacial score (nSPS) is 32.8. The van der Waals surface area contributed by atoms with Crippen molar-refractivity contribution in [3.63, 3.8) is 0 Å². The topological polar surface area (TPSA) is 26.8 Å². The Bertz CT molecular complexity index is 309. The smallest absolute Gasteiger partial charge is 0.219 e.